The highest BCUT2D eigenvalue weighted by Gasteiger charge is 2.14. The van der Waals surface area contributed by atoms with E-state index in [0.29, 0.717) is 5.69 Å². The number of hydrogen-bond acceptors (Lipinski definition) is 3. The molecule has 1 N–H and O–H groups in total. The van der Waals surface area contributed by atoms with Crippen molar-refractivity contribution in [2.24, 2.45) is 0 Å². The molecule has 0 atom stereocenters. The highest BCUT2D eigenvalue weighted by Crippen LogP contribution is 2.18. The first-order chi connectivity index (χ1) is 8.90. The summed E-state index contributed by atoms with van der Waals surface area (Å²) in [6.45, 7) is 6.60. The van der Waals surface area contributed by atoms with E-state index in [-0.39, 0.29) is 0 Å². The number of fused-ring (bicyclic) bond motifs is 1. The molecule has 1 aromatic carbocycles. The average molecular weight is 272 g/mol. The predicted octanol–water partition coefficient (Wildman–Crippen LogP) is 2.58. The Morgan fingerprint density at radius 2 is 2.11 bits per heavy atom. The number of ether oxygens (including phenoxy) is 1. The summed E-state index contributed by atoms with van der Waals surface area (Å²) in [7, 11) is -0.0431. The van der Waals surface area contributed by atoms with Crippen LogP contribution in [0, 0.1) is 11.5 Å². The Morgan fingerprint density at radius 1 is 1.37 bits per heavy atom. The lowest BCUT2D eigenvalue weighted by Crippen LogP contribution is -2.16. The van der Waals surface area contributed by atoms with E-state index in [4.69, 9.17) is 0 Å². The Labute approximate surface area is 113 Å². The third-order valence-corrected chi connectivity index (χ3v) is 3.40. The lowest BCUT2D eigenvalue weighted by molar-refractivity contribution is 0.0596. The highest BCUT2D eigenvalue weighted by atomic mass is 28.3. The molecule has 0 radical (unpaired) electrons. The van der Waals surface area contributed by atoms with Gasteiger partial charge in [0.2, 0.25) is 0 Å². The quantitative estimate of drug-likeness (QED) is 0.493. The summed E-state index contributed by atoms with van der Waals surface area (Å²) in [5.41, 5.74) is 5.33. The van der Waals surface area contributed by atoms with Crippen LogP contribution in [-0.2, 0) is 4.74 Å². The lowest BCUT2D eigenvalue weighted by Gasteiger charge is -2.03. The van der Waals surface area contributed by atoms with E-state index >= 15 is 0 Å². The number of aromatic amines is 1. The first-order valence-electron chi connectivity index (χ1n) is 6.00. The third-order valence-electron chi connectivity index (χ3n) is 2.52. The molecular weight excluding hydrogens is 256 g/mol. The van der Waals surface area contributed by atoms with Gasteiger partial charge in [-0.2, -0.15) is 5.10 Å². The van der Waals surface area contributed by atoms with Gasteiger partial charge in [-0.15, -0.1) is 5.54 Å². The van der Waals surface area contributed by atoms with Gasteiger partial charge in [-0.1, -0.05) is 25.6 Å². The number of carbonyl (C=O) groups excluding carboxylic acids is 1. The van der Waals surface area contributed by atoms with Crippen LogP contribution in [0.5, 0.6) is 0 Å². The van der Waals surface area contributed by atoms with Gasteiger partial charge >= 0.3 is 5.97 Å². The molecule has 0 amide bonds. The van der Waals surface area contributed by atoms with Gasteiger partial charge in [-0.3, -0.25) is 5.10 Å². The van der Waals surface area contributed by atoms with Gasteiger partial charge < -0.3 is 4.74 Å². The zero-order valence-electron chi connectivity index (χ0n) is 11.5. The number of carbonyl (C=O) groups is 1. The summed E-state index contributed by atoms with van der Waals surface area (Å²) in [4.78, 5) is 11.5. The van der Waals surface area contributed by atoms with E-state index in [2.05, 4.69) is 46.0 Å². The minimum atomic E-state index is -1.39. The number of nitrogens with zero attached hydrogens (tertiary/aromatic N) is 1. The minimum absolute atomic E-state index is 0.308. The van der Waals surface area contributed by atoms with Crippen LogP contribution in [0.15, 0.2) is 18.2 Å². The molecule has 1 aromatic heterocycles. The Balaban J connectivity index is 2.43. The Kier molecular flexibility index (Phi) is 3.45. The number of nitrogens with one attached hydrogen (secondary N) is 1. The molecule has 4 nitrogen and oxygen atoms in total. The molecule has 19 heavy (non-hydrogen) atoms. The maximum Gasteiger partial charge on any atom is 0.359 e. The fraction of sp³-hybridized carbons (Fsp3) is 0.286. The number of methoxy groups -OCH3 is 1. The normalized spacial score (nSPS) is 10.9. The molecule has 0 saturated heterocycles. The maximum absolute atomic E-state index is 11.5. The van der Waals surface area contributed by atoms with Gasteiger partial charge in [-0.25, -0.2) is 4.79 Å². The zero-order valence-corrected chi connectivity index (χ0v) is 12.5. The van der Waals surface area contributed by atoms with Crippen molar-refractivity contribution in [3.63, 3.8) is 0 Å². The molecule has 0 aliphatic rings. The van der Waals surface area contributed by atoms with Crippen molar-refractivity contribution in [3.05, 3.63) is 29.5 Å². The number of benzene rings is 1. The SMILES string of the molecule is COC(=O)c1n[nH]c2cc(C#C[Si](C)(C)C)ccc12. The van der Waals surface area contributed by atoms with E-state index in [1.807, 2.05) is 18.2 Å². The van der Waals surface area contributed by atoms with Crippen LogP contribution in [0.2, 0.25) is 19.6 Å². The second kappa shape index (κ2) is 4.90. The second-order valence-electron chi connectivity index (χ2n) is 5.32. The predicted molar refractivity (Wildman–Crippen MR) is 77.7 cm³/mol. The molecule has 2 aromatic rings. The van der Waals surface area contributed by atoms with Crippen molar-refractivity contribution in [2.75, 3.05) is 7.11 Å². The second-order valence-corrected chi connectivity index (χ2v) is 10.1. The molecule has 98 valence electrons. The molecule has 2 rings (SSSR count). The van der Waals surface area contributed by atoms with Gasteiger partial charge in [0.25, 0.3) is 0 Å². The van der Waals surface area contributed by atoms with Gasteiger partial charge in [0.05, 0.1) is 12.6 Å². The van der Waals surface area contributed by atoms with Crippen LogP contribution in [-0.4, -0.2) is 31.4 Å². The standard InChI is InChI=1S/C14H16N2O2Si/c1-18-14(17)13-11-6-5-10(7-8-19(2,3)4)9-12(11)15-16-13/h5-6,9H,1-4H3,(H,15,16). The minimum Gasteiger partial charge on any atom is -0.464 e. The first-order valence-corrected chi connectivity index (χ1v) is 9.50. The smallest absolute Gasteiger partial charge is 0.359 e. The van der Waals surface area contributed by atoms with Crippen LogP contribution >= 0.6 is 0 Å². The zero-order chi connectivity index (χ0) is 14.0. The van der Waals surface area contributed by atoms with Crippen molar-refractivity contribution in [2.45, 2.75) is 19.6 Å². The van der Waals surface area contributed by atoms with Crippen LogP contribution < -0.4 is 0 Å². The van der Waals surface area contributed by atoms with Crippen LogP contribution in [0.1, 0.15) is 16.1 Å². The summed E-state index contributed by atoms with van der Waals surface area (Å²) >= 11 is 0. The van der Waals surface area contributed by atoms with E-state index in [9.17, 15) is 4.79 Å². The number of aromatic nitrogens is 2. The van der Waals surface area contributed by atoms with Crippen LogP contribution in [0.4, 0.5) is 0 Å². The Bertz CT molecular complexity index is 687. The average Bonchev–Trinajstić information content (AvgIpc) is 2.77. The van der Waals surface area contributed by atoms with Crippen molar-refractivity contribution < 1.29 is 9.53 Å². The van der Waals surface area contributed by atoms with E-state index in [0.717, 1.165) is 16.5 Å². The van der Waals surface area contributed by atoms with Crippen molar-refractivity contribution in [1.29, 1.82) is 0 Å². The molecule has 0 spiro atoms. The highest BCUT2D eigenvalue weighted by molar-refractivity contribution is 6.83. The molecule has 0 unspecified atom stereocenters. The third kappa shape index (κ3) is 3.03. The molecule has 0 fully saturated rings. The van der Waals surface area contributed by atoms with Gasteiger partial charge in [0.15, 0.2) is 5.69 Å². The molecule has 0 aliphatic carbocycles. The molecular formula is C14H16N2O2Si. The Morgan fingerprint density at radius 3 is 2.74 bits per heavy atom. The topological polar surface area (TPSA) is 55.0 Å². The largest absolute Gasteiger partial charge is 0.464 e. The summed E-state index contributed by atoms with van der Waals surface area (Å²) in [5.74, 6) is 2.74. The number of H-pyrrole nitrogens is 1. The first kappa shape index (κ1) is 13.4. The van der Waals surface area contributed by atoms with E-state index < -0.39 is 14.0 Å². The monoisotopic (exact) mass is 272 g/mol. The summed E-state index contributed by atoms with van der Waals surface area (Å²) in [6.07, 6.45) is 0. The summed E-state index contributed by atoms with van der Waals surface area (Å²) in [5, 5.41) is 7.57. The van der Waals surface area contributed by atoms with Crippen molar-refractivity contribution >= 4 is 24.9 Å². The van der Waals surface area contributed by atoms with E-state index in [1.54, 1.807) is 0 Å². The lowest BCUT2D eigenvalue weighted by atomic mass is 10.1. The summed E-state index contributed by atoms with van der Waals surface area (Å²) in [6, 6.07) is 5.65. The van der Waals surface area contributed by atoms with Gasteiger partial charge in [-0.05, 0) is 18.2 Å². The molecule has 1 heterocycles. The number of hydrogen-bond donors (Lipinski definition) is 1. The van der Waals surface area contributed by atoms with Gasteiger partial charge in [0, 0.05) is 10.9 Å². The molecule has 0 bridgehead atoms. The molecule has 5 heteroatoms. The van der Waals surface area contributed by atoms with Crippen LogP contribution in [0.25, 0.3) is 10.9 Å². The summed E-state index contributed by atoms with van der Waals surface area (Å²) < 4.78 is 4.68. The van der Waals surface area contributed by atoms with Crippen molar-refractivity contribution in [3.8, 4) is 11.5 Å². The Hall–Kier alpha value is -2.06. The number of rotatable bonds is 1. The molecule has 0 saturated carbocycles. The van der Waals surface area contributed by atoms with Crippen LogP contribution in [0.3, 0.4) is 0 Å². The fourth-order valence-corrected chi connectivity index (χ4v) is 2.13. The maximum atomic E-state index is 11.5. The number of esters is 1. The van der Waals surface area contributed by atoms with Gasteiger partial charge in [0.1, 0.15) is 8.07 Å². The molecule has 0 aliphatic heterocycles. The van der Waals surface area contributed by atoms with E-state index in [1.165, 1.54) is 7.11 Å². The van der Waals surface area contributed by atoms with Crippen molar-refractivity contribution in [1.82, 2.24) is 10.2 Å². The fourth-order valence-electron chi connectivity index (χ4n) is 1.61.